The molecule has 5 nitrogen and oxygen atoms in total. The van der Waals surface area contributed by atoms with Crippen LogP contribution in [0.1, 0.15) is 24.0 Å². The minimum atomic E-state index is -0.351. The van der Waals surface area contributed by atoms with E-state index in [2.05, 4.69) is 15.8 Å². The number of hydrogen-bond acceptors (Lipinski definition) is 3. The maximum Gasteiger partial charge on any atom is 0.240 e. The van der Waals surface area contributed by atoms with Gasteiger partial charge in [-0.3, -0.25) is 9.59 Å². The lowest BCUT2D eigenvalue weighted by atomic mass is 10.2. The van der Waals surface area contributed by atoms with Gasteiger partial charge in [0.25, 0.3) is 0 Å². The number of carbonyl (C=O) groups excluding carboxylic acids is 2. The highest BCUT2D eigenvalue weighted by molar-refractivity contribution is 6.42. The van der Waals surface area contributed by atoms with Crippen LogP contribution in [0.4, 0.5) is 5.69 Å². The largest absolute Gasteiger partial charge is 0.326 e. The standard InChI is InChI=1S/C18H17Cl2N3O2/c1-12-3-2-4-14(9-12)22-17(24)7-8-18(25)23-21-11-13-5-6-15(19)16(20)10-13/h2-6,9-11H,7-8H2,1H3,(H,22,24)(H,23,25)/b21-11+. The molecular weight excluding hydrogens is 361 g/mol. The third kappa shape index (κ3) is 6.57. The summed E-state index contributed by atoms with van der Waals surface area (Å²) in [6.07, 6.45) is 1.56. The van der Waals surface area contributed by atoms with Gasteiger partial charge in [0.1, 0.15) is 0 Å². The van der Waals surface area contributed by atoms with Gasteiger partial charge in [0.05, 0.1) is 16.3 Å². The fourth-order valence-electron chi connectivity index (χ4n) is 2.00. The molecule has 0 fully saturated rings. The molecule has 0 unspecified atom stereocenters. The number of rotatable bonds is 6. The molecule has 130 valence electrons. The summed E-state index contributed by atoms with van der Waals surface area (Å²) >= 11 is 11.7. The molecule has 0 saturated carbocycles. The van der Waals surface area contributed by atoms with Crippen LogP contribution >= 0.6 is 23.2 Å². The summed E-state index contributed by atoms with van der Waals surface area (Å²) in [6.45, 7) is 1.94. The third-order valence-electron chi connectivity index (χ3n) is 3.23. The molecule has 2 N–H and O–H groups in total. The molecule has 0 atom stereocenters. The number of nitrogens with zero attached hydrogens (tertiary/aromatic N) is 1. The maximum absolute atomic E-state index is 11.8. The van der Waals surface area contributed by atoms with Gasteiger partial charge in [-0.25, -0.2) is 5.43 Å². The molecule has 0 saturated heterocycles. The summed E-state index contributed by atoms with van der Waals surface area (Å²) in [7, 11) is 0. The summed E-state index contributed by atoms with van der Waals surface area (Å²) in [6, 6.07) is 12.5. The molecule has 0 radical (unpaired) electrons. The first-order valence-electron chi connectivity index (χ1n) is 7.57. The van der Waals surface area contributed by atoms with E-state index in [0.29, 0.717) is 21.3 Å². The van der Waals surface area contributed by atoms with Crippen LogP contribution in [0.15, 0.2) is 47.6 Å². The van der Waals surface area contributed by atoms with Crippen LogP contribution in [-0.2, 0) is 9.59 Å². The van der Waals surface area contributed by atoms with Crippen molar-refractivity contribution in [2.24, 2.45) is 5.10 Å². The molecule has 7 heteroatoms. The molecule has 0 spiro atoms. The maximum atomic E-state index is 11.8. The van der Waals surface area contributed by atoms with E-state index in [4.69, 9.17) is 23.2 Å². The lowest BCUT2D eigenvalue weighted by Crippen LogP contribution is -2.20. The lowest BCUT2D eigenvalue weighted by Gasteiger charge is -2.05. The number of halogens is 2. The number of aryl methyl sites for hydroxylation is 1. The predicted molar refractivity (Wildman–Crippen MR) is 101 cm³/mol. The SMILES string of the molecule is Cc1cccc(NC(=O)CCC(=O)N/N=C/c2ccc(Cl)c(Cl)c2)c1. The molecule has 2 aromatic rings. The van der Waals surface area contributed by atoms with Crippen molar-refractivity contribution >= 4 is 46.9 Å². The Balaban J connectivity index is 1.75. The van der Waals surface area contributed by atoms with Gasteiger partial charge < -0.3 is 5.32 Å². The minimum absolute atomic E-state index is 0.0381. The summed E-state index contributed by atoms with van der Waals surface area (Å²) < 4.78 is 0. The van der Waals surface area contributed by atoms with Crippen molar-refractivity contribution in [1.29, 1.82) is 0 Å². The van der Waals surface area contributed by atoms with Crippen molar-refractivity contribution in [3.05, 3.63) is 63.6 Å². The molecule has 2 amide bonds. The second-order valence-electron chi connectivity index (χ2n) is 5.38. The first-order valence-corrected chi connectivity index (χ1v) is 8.33. The highest BCUT2D eigenvalue weighted by Gasteiger charge is 2.07. The average Bonchev–Trinajstić information content (AvgIpc) is 2.56. The number of nitrogens with one attached hydrogen (secondary N) is 2. The van der Waals surface area contributed by atoms with Crippen molar-refractivity contribution in [3.63, 3.8) is 0 Å². The van der Waals surface area contributed by atoms with Crippen LogP contribution in [0.25, 0.3) is 0 Å². The zero-order valence-corrected chi connectivity index (χ0v) is 15.1. The number of benzene rings is 2. The number of hydrogen-bond donors (Lipinski definition) is 2. The van der Waals surface area contributed by atoms with E-state index in [-0.39, 0.29) is 24.7 Å². The molecule has 0 aromatic heterocycles. The van der Waals surface area contributed by atoms with Gasteiger partial charge in [-0.2, -0.15) is 5.10 Å². The van der Waals surface area contributed by atoms with Crippen LogP contribution in [0.2, 0.25) is 10.0 Å². The molecule has 25 heavy (non-hydrogen) atoms. The number of hydrazone groups is 1. The minimum Gasteiger partial charge on any atom is -0.326 e. The van der Waals surface area contributed by atoms with Gasteiger partial charge in [-0.15, -0.1) is 0 Å². The number of anilines is 1. The molecule has 0 heterocycles. The Bertz CT molecular complexity index is 807. The Kier molecular flexibility index (Phi) is 6.98. The van der Waals surface area contributed by atoms with Gasteiger partial charge in [-0.05, 0) is 42.3 Å². The quantitative estimate of drug-likeness (QED) is 0.585. The zero-order chi connectivity index (χ0) is 18.2. The molecule has 2 aromatic carbocycles. The van der Waals surface area contributed by atoms with Gasteiger partial charge in [0.15, 0.2) is 0 Å². The van der Waals surface area contributed by atoms with Gasteiger partial charge >= 0.3 is 0 Å². The zero-order valence-electron chi connectivity index (χ0n) is 13.6. The van der Waals surface area contributed by atoms with E-state index in [1.807, 2.05) is 25.1 Å². The highest BCUT2D eigenvalue weighted by atomic mass is 35.5. The number of carbonyl (C=O) groups is 2. The summed E-state index contributed by atoms with van der Waals surface area (Å²) in [4.78, 5) is 23.5. The highest BCUT2D eigenvalue weighted by Crippen LogP contribution is 2.21. The van der Waals surface area contributed by atoms with E-state index in [9.17, 15) is 9.59 Å². The van der Waals surface area contributed by atoms with Crippen LogP contribution in [0.5, 0.6) is 0 Å². The van der Waals surface area contributed by atoms with Crippen LogP contribution in [0.3, 0.4) is 0 Å². The molecule has 2 rings (SSSR count). The molecule has 0 aliphatic rings. The second kappa shape index (κ2) is 9.20. The predicted octanol–water partition coefficient (Wildman–Crippen LogP) is 4.17. The van der Waals surface area contributed by atoms with Crippen LogP contribution < -0.4 is 10.7 Å². The smallest absolute Gasteiger partial charge is 0.240 e. The summed E-state index contributed by atoms with van der Waals surface area (Å²) in [5, 5.41) is 7.43. The van der Waals surface area contributed by atoms with E-state index >= 15 is 0 Å². The van der Waals surface area contributed by atoms with Crippen molar-refractivity contribution < 1.29 is 9.59 Å². The van der Waals surface area contributed by atoms with Crippen molar-refractivity contribution in [2.75, 3.05) is 5.32 Å². The Hall–Kier alpha value is -2.37. The van der Waals surface area contributed by atoms with Crippen molar-refractivity contribution in [1.82, 2.24) is 5.43 Å². The van der Waals surface area contributed by atoms with Crippen LogP contribution in [-0.4, -0.2) is 18.0 Å². The lowest BCUT2D eigenvalue weighted by molar-refractivity contribution is -0.124. The van der Waals surface area contributed by atoms with Gasteiger partial charge in [0, 0.05) is 18.5 Å². The third-order valence-corrected chi connectivity index (χ3v) is 3.97. The average molecular weight is 378 g/mol. The Morgan fingerprint density at radius 2 is 1.80 bits per heavy atom. The van der Waals surface area contributed by atoms with Gasteiger partial charge in [-0.1, -0.05) is 41.4 Å². The monoisotopic (exact) mass is 377 g/mol. The molecule has 0 aliphatic heterocycles. The van der Waals surface area contributed by atoms with E-state index in [0.717, 1.165) is 5.56 Å². The Morgan fingerprint density at radius 3 is 2.52 bits per heavy atom. The second-order valence-corrected chi connectivity index (χ2v) is 6.20. The fourth-order valence-corrected chi connectivity index (χ4v) is 2.31. The topological polar surface area (TPSA) is 70.6 Å². The van der Waals surface area contributed by atoms with E-state index in [1.54, 1.807) is 24.3 Å². The molecular formula is C18H17Cl2N3O2. The Labute approximate surface area is 156 Å². The van der Waals surface area contributed by atoms with Gasteiger partial charge in [0.2, 0.25) is 11.8 Å². The van der Waals surface area contributed by atoms with Crippen molar-refractivity contribution in [2.45, 2.75) is 19.8 Å². The number of amides is 2. The Morgan fingerprint density at radius 1 is 1.04 bits per heavy atom. The molecule has 0 aliphatic carbocycles. The summed E-state index contributed by atoms with van der Waals surface area (Å²) in [5.74, 6) is -0.579. The van der Waals surface area contributed by atoms with Crippen LogP contribution in [0, 0.1) is 6.92 Å². The fraction of sp³-hybridized carbons (Fsp3) is 0.167. The summed E-state index contributed by atoms with van der Waals surface area (Å²) in [5.41, 5.74) is 4.83. The van der Waals surface area contributed by atoms with Crippen molar-refractivity contribution in [3.8, 4) is 0 Å². The first-order chi connectivity index (χ1) is 11.9. The normalized spacial score (nSPS) is 10.7. The van der Waals surface area contributed by atoms with E-state index < -0.39 is 0 Å². The molecule has 0 bridgehead atoms. The van der Waals surface area contributed by atoms with E-state index in [1.165, 1.54) is 6.21 Å². The first kappa shape index (κ1) is 19.0.